The van der Waals surface area contributed by atoms with Crippen LogP contribution < -0.4 is 0 Å². The molecule has 1 aromatic rings. The molecular weight excluding hydrogens is 270 g/mol. The Balaban J connectivity index is 1.92. The number of nitrogens with zero attached hydrogens (tertiary/aromatic N) is 1. The van der Waals surface area contributed by atoms with Gasteiger partial charge in [0.15, 0.2) is 6.04 Å². The molecule has 5 heteroatoms. The molecule has 0 aromatic heterocycles. The van der Waals surface area contributed by atoms with E-state index >= 15 is 0 Å². The quantitative estimate of drug-likeness (QED) is 0.854. The predicted octanol–water partition coefficient (Wildman–Crippen LogP) is 1.39. The summed E-state index contributed by atoms with van der Waals surface area (Å²) in [5, 5.41) is 9.37. The summed E-state index contributed by atoms with van der Waals surface area (Å²) in [5.41, 5.74) is 0.859. The van der Waals surface area contributed by atoms with E-state index in [2.05, 4.69) is 4.99 Å². The van der Waals surface area contributed by atoms with E-state index in [1.807, 2.05) is 30.3 Å². The highest BCUT2D eigenvalue weighted by atomic mass is 16.5. The fraction of sp³-hybridized carbons (Fsp3) is 0.500. The molecule has 1 aromatic carbocycles. The van der Waals surface area contributed by atoms with Crippen LogP contribution in [0.4, 0.5) is 0 Å². The second-order valence-corrected chi connectivity index (χ2v) is 5.61. The fourth-order valence-electron chi connectivity index (χ4n) is 3.22. The summed E-state index contributed by atoms with van der Waals surface area (Å²) in [6.45, 7) is 0.116. The summed E-state index contributed by atoms with van der Waals surface area (Å²) in [4.78, 5) is 16.5. The molecular formula is C16H19NO4. The third-order valence-corrected chi connectivity index (χ3v) is 4.30. The molecule has 1 fully saturated rings. The van der Waals surface area contributed by atoms with Crippen molar-refractivity contribution in [2.75, 3.05) is 13.7 Å². The summed E-state index contributed by atoms with van der Waals surface area (Å²) in [6.07, 6.45) is 1.41. The molecule has 0 amide bonds. The van der Waals surface area contributed by atoms with Crippen molar-refractivity contribution in [2.45, 2.75) is 25.0 Å². The largest absolute Gasteiger partial charge is 0.474 e. The van der Waals surface area contributed by atoms with Crippen LogP contribution in [0.15, 0.2) is 35.3 Å². The Hall–Kier alpha value is -1.88. The van der Waals surface area contributed by atoms with Gasteiger partial charge in [-0.1, -0.05) is 18.2 Å². The Morgan fingerprint density at radius 3 is 2.81 bits per heavy atom. The Bertz CT molecular complexity index is 542. The summed E-state index contributed by atoms with van der Waals surface area (Å²) >= 11 is 0. The van der Waals surface area contributed by atoms with Gasteiger partial charge in [0.25, 0.3) is 0 Å². The number of aliphatic hydroxyl groups excluding tert-OH is 1. The Labute approximate surface area is 123 Å². The molecule has 0 radical (unpaired) electrons. The highest BCUT2D eigenvalue weighted by molar-refractivity contribution is 5.96. The van der Waals surface area contributed by atoms with Crippen molar-refractivity contribution in [3.05, 3.63) is 35.9 Å². The Morgan fingerprint density at radius 1 is 1.38 bits per heavy atom. The topological polar surface area (TPSA) is 68.1 Å². The van der Waals surface area contributed by atoms with E-state index in [0.717, 1.165) is 18.4 Å². The van der Waals surface area contributed by atoms with Gasteiger partial charge < -0.3 is 14.6 Å². The zero-order valence-electron chi connectivity index (χ0n) is 11.9. The molecule has 5 nitrogen and oxygen atoms in total. The van der Waals surface area contributed by atoms with E-state index in [4.69, 9.17) is 9.47 Å². The molecule has 0 spiro atoms. The highest BCUT2D eigenvalue weighted by Crippen LogP contribution is 2.40. The normalized spacial score (nSPS) is 31.0. The summed E-state index contributed by atoms with van der Waals surface area (Å²) < 4.78 is 10.9. The zero-order valence-corrected chi connectivity index (χ0v) is 11.9. The lowest BCUT2D eigenvalue weighted by molar-refractivity contribution is -0.144. The van der Waals surface area contributed by atoms with Crippen LogP contribution in [-0.4, -0.2) is 42.8 Å². The second-order valence-electron chi connectivity index (χ2n) is 5.61. The van der Waals surface area contributed by atoms with Gasteiger partial charge in [0.05, 0.1) is 7.11 Å². The first-order valence-electron chi connectivity index (χ1n) is 7.21. The van der Waals surface area contributed by atoms with Crippen LogP contribution in [0.5, 0.6) is 0 Å². The van der Waals surface area contributed by atoms with Crippen LogP contribution in [-0.2, 0) is 14.3 Å². The lowest BCUT2D eigenvalue weighted by Gasteiger charge is -2.30. The minimum absolute atomic E-state index is 0.0120. The summed E-state index contributed by atoms with van der Waals surface area (Å²) in [5.74, 6) is 0.311. The highest BCUT2D eigenvalue weighted by Gasteiger charge is 2.46. The van der Waals surface area contributed by atoms with Gasteiger partial charge in [-0.2, -0.15) is 0 Å². The number of fused-ring (bicyclic) bond motifs is 1. The third-order valence-electron chi connectivity index (χ3n) is 4.30. The van der Waals surface area contributed by atoms with Crippen molar-refractivity contribution < 1.29 is 19.4 Å². The number of hydrogen-bond acceptors (Lipinski definition) is 5. The van der Waals surface area contributed by atoms with E-state index in [-0.39, 0.29) is 30.5 Å². The number of methoxy groups -OCH3 is 1. The van der Waals surface area contributed by atoms with Crippen LogP contribution in [0.1, 0.15) is 18.4 Å². The van der Waals surface area contributed by atoms with Crippen molar-refractivity contribution in [1.29, 1.82) is 0 Å². The number of esters is 1. The Morgan fingerprint density at radius 2 is 2.14 bits per heavy atom. The standard InChI is InChI=1S/C16H19NO4/c1-20-16(19)14-12-7-10(9-18)8-13(12)21-15(17-14)11-5-3-2-4-6-11/h2-6,10,12-14,18H,7-9H2,1H3/t10-,12+,13-,14+/m1/s1. The second kappa shape index (κ2) is 5.85. The molecule has 4 atom stereocenters. The predicted molar refractivity (Wildman–Crippen MR) is 77.0 cm³/mol. The van der Waals surface area contributed by atoms with Crippen molar-refractivity contribution in [1.82, 2.24) is 0 Å². The first-order chi connectivity index (χ1) is 10.2. The van der Waals surface area contributed by atoms with Crippen LogP contribution in [0.3, 0.4) is 0 Å². The van der Waals surface area contributed by atoms with Crippen molar-refractivity contribution in [3.63, 3.8) is 0 Å². The number of benzene rings is 1. The maximum absolute atomic E-state index is 12.0. The van der Waals surface area contributed by atoms with Gasteiger partial charge >= 0.3 is 5.97 Å². The average molecular weight is 289 g/mol. The molecule has 1 N–H and O–H groups in total. The molecule has 0 saturated heterocycles. The maximum Gasteiger partial charge on any atom is 0.331 e. The average Bonchev–Trinajstić information content (AvgIpc) is 2.97. The third kappa shape index (κ3) is 2.65. The van der Waals surface area contributed by atoms with Crippen LogP contribution >= 0.6 is 0 Å². The first-order valence-corrected chi connectivity index (χ1v) is 7.21. The van der Waals surface area contributed by atoms with Crippen LogP contribution in [0.2, 0.25) is 0 Å². The van der Waals surface area contributed by atoms with Crippen LogP contribution in [0.25, 0.3) is 0 Å². The van der Waals surface area contributed by atoms with E-state index in [1.165, 1.54) is 7.11 Å². The number of aliphatic hydroxyl groups is 1. The fourth-order valence-corrected chi connectivity index (χ4v) is 3.22. The van der Waals surface area contributed by atoms with Gasteiger partial charge in [0.1, 0.15) is 6.10 Å². The number of hydrogen-bond donors (Lipinski definition) is 1. The maximum atomic E-state index is 12.0. The summed E-state index contributed by atoms with van der Waals surface area (Å²) in [6, 6.07) is 9.01. The molecule has 1 aliphatic heterocycles. The van der Waals surface area contributed by atoms with Gasteiger partial charge in [-0.25, -0.2) is 9.79 Å². The van der Waals surface area contributed by atoms with E-state index < -0.39 is 6.04 Å². The number of rotatable bonds is 3. The van der Waals surface area contributed by atoms with Crippen molar-refractivity contribution >= 4 is 11.9 Å². The van der Waals surface area contributed by atoms with E-state index in [1.54, 1.807) is 0 Å². The number of carbonyl (C=O) groups is 1. The molecule has 3 rings (SSSR count). The molecule has 112 valence electrons. The SMILES string of the molecule is COC(=O)[C@H]1N=C(c2ccccc2)O[C@@H]2C[C@H](CO)C[C@H]12. The van der Waals surface area contributed by atoms with Gasteiger partial charge in [0, 0.05) is 18.1 Å². The molecule has 1 aliphatic carbocycles. The van der Waals surface area contributed by atoms with E-state index in [0.29, 0.717) is 5.90 Å². The van der Waals surface area contributed by atoms with Gasteiger partial charge in [-0.15, -0.1) is 0 Å². The van der Waals surface area contributed by atoms with Gasteiger partial charge in [-0.3, -0.25) is 0 Å². The number of ether oxygens (including phenoxy) is 2. The molecule has 21 heavy (non-hydrogen) atoms. The molecule has 2 aliphatic rings. The minimum Gasteiger partial charge on any atom is -0.474 e. The molecule has 1 heterocycles. The molecule has 0 bridgehead atoms. The minimum atomic E-state index is -0.541. The molecule has 1 saturated carbocycles. The van der Waals surface area contributed by atoms with E-state index in [9.17, 15) is 9.90 Å². The lowest BCUT2D eigenvalue weighted by atomic mass is 9.94. The van der Waals surface area contributed by atoms with Crippen molar-refractivity contribution in [2.24, 2.45) is 16.8 Å². The number of carbonyl (C=O) groups excluding carboxylic acids is 1. The lowest BCUT2D eigenvalue weighted by Crippen LogP contribution is -2.41. The van der Waals surface area contributed by atoms with Crippen molar-refractivity contribution in [3.8, 4) is 0 Å². The first kappa shape index (κ1) is 14.1. The monoisotopic (exact) mass is 289 g/mol. The molecule has 0 unspecified atom stereocenters. The smallest absolute Gasteiger partial charge is 0.331 e. The van der Waals surface area contributed by atoms with Gasteiger partial charge in [0.2, 0.25) is 5.90 Å². The zero-order chi connectivity index (χ0) is 14.8. The number of aliphatic imine (C=N–C) groups is 1. The van der Waals surface area contributed by atoms with Crippen LogP contribution in [0, 0.1) is 11.8 Å². The summed E-state index contributed by atoms with van der Waals surface area (Å²) in [7, 11) is 1.38. The Kier molecular flexibility index (Phi) is 3.92. The van der Waals surface area contributed by atoms with Gasteiger partial charge in [-0.05, 0) is 30.9 Å².